The molecule has 1 aliphatic heterocycles. The van der Waals surface area contributed by atoms with E-state index in [4.69, 9.17) is 25.7 Å². The lowest BCUT2D eigenvalue weighted by Gasteiger charge is -2.28. The van der Waals surface area contributed by atoms with E-state index in [9.17, 15) is 0 Å². The number of para-hydroxylation sites is 1. The van der Waals surface area contributed by atoms with E-state index in [0.717, 1.165) is 59.6 Å². The van der Waals surface area contributed by atoms with Gasteiger partial charge in [-0.2, -0.15) is 0 Å². The Morgan fingerprint density at radius 1 is 0.833 bits per heavy atom. The molecule has 1 fully saturated rings. The molecule has 30 heavy (non-hydrogen) atoms. The first kappa shape index (κ1) is 18.9. The van der Waals surface area contributed by atoms with E-state index in [1.165, 1.54) is 5.69 Å². The second-order valence-electron chi connectivity index (χ2n) is 7.23. The molecule has 1 saturated heterocycles. The third-order valence-electron chi connectivity index (χ3n) is 5.25. The summed E-state index contributed by atoms with van der Waals surface area (Å²) in [5, 5.41) is 2.55. The van der Waals surface area contributed by atoms with Crippen molar-refractivity contribution in [2.45, 2.75) is 0 Å². The Morgan fingerprint density at radius 3 is 2.33 bits per heavy atom. The fourth-order valence-electron chi connectivity index (χ4n) is 3.66. The highest BCUT2D eigenvalue weighted by atomic mass is 35.5. The van der Waals surface area contributed by atoms with Gasteiger partial charge in [0.25, 0.3) is 0 Å². The van der Waals surface area contributed by atoms with Crippen LogP contribution in [-0.2, 0) is 4.74 Å². The van der Waals surface area contributed by atoms with Crippen molar-refractivity contribution in [1.29, 1.82) is 0 Å². The summed E-state index contributed by atoms with van der Waals surface area (Å²) in [6, 6.07) is 26.0. The fraction of sp³-hybridized carbons (Fsp3) is 0.160. The van der Waals surface area contributed by atoms with Gasteiger partial charge < -0.3 is 14.1 Å². The third kappa shape index (κ3) is 3.97. The number of morpholine rings is 1. The van der Waals surface area contributed by atoms with Crippen LogP contribution in [0.2, 0.25) is 5.02 Å². The van der Waals surface area contributed by atoms with Crippen molar-refractivity contribution in [3.63, 3.8) is 0 Å². The lowest BCUT2D eigenvalue weighted by molar-refractivity contribution is 0.122. The number of fused-ring (bicyclic) bond motifs is 1. The Morgan fingerprint density at radius 2 is 1.57 bits per heavy atom. The number of ether oxygens (including phenoxy) is 1. The molecule has 0 amide bonds. The van der Waals surface area contributed by atoms with Crippen molar-refractivity contribution in [2.75, 3.05) is 31.2 Å². The summed E-state index contributed by atoms with van der Waals surface area (Å²) in [6.07, 6.45) is 0. The number of hydrogen-bond acceptors (Lipinski definition) is 4. The van der Waals surface area contributed by atoms with E-state index in [1.807, 2.05) is 54.6 Å². The van der Waals surface area contributed by atoms with Crippen LogP contribution in [0.5, 0.6) is 0 Å². The lowest BCUT2D eigenvalue weighted by Crippen LogP contribution is -2.36. The van der Waals surface area contributed by atoms with E-state index in [-0.39, 0.29) is 0 Å². The first-order valence-electron chi connectivity index (χ1n) is 10.0. The van der Waals surface area contributed by atoms with Gasteiger partial charge in [-0.1, -0.05) is 23.7 Å². The van der Waals surface area contributed by atoms with Gasteiger partial charge in [-0.3, -0.25) is 0 Å². The first-order valence-corrected chi connectivity index (χ1v) is 10.4. The standard InChI is InChI=1S/C25H21ClN2O2/c26-19-7-5-18(6-8-19)25-17-23(22-3-1-2-4-24(22)30-25)27-20-9-11-21(12-10-20)28-13-15-29-16-14-28/h1-12,17H,13-16H2. The number of anilines is 1. The zero-order valence-corrected chi connectivity index (χ0v) is 17.2. The van der Waals surface area contributed by atoms with Gasteiger partial charge in [0.15, 0.2) is 0 Å². The Kier molecular flexibility index (Phi) is 5.26. The number of benzene rings is 3. The van der Waals surface area contributed by atoms with Crippen LogP contribution in [0.25, 0.3) is 22.3 Å². The molecular weight excluding hydrogens is 396 g/mol. The average Bonchev–Trinajstić information content (AvgIpc) is 2.80. The second-order valence-corrected chi connectivity index (χ2v) is 7.66. The summed E-state index contributed by atoms with van der Waals surface area (Å²) in [5.74, 6) is 0.758. The highest BCUT2D eigenvalue weighted by Crippen LogP contribution is 2.25. The van der Waals surface area contributed by atoms with Gasteiger partial charge in [-0.05, 0) is 60.7 Å². The number of halogens is 1. The maximum Gasteiger partial charge on any atom is 0.136 e. The Balaban J connectivity index is 1.57. The monoisotopic (exact) mass is 416 g/mol. The molecule has 0 N–H and O–H groups in total. The highest BCUT2D eigenvalue weighted by molar-refractivity contribution is 6.30. The van der Waals surface area contributed by atoms with Gasteiger partial charge in [0.1, 0.15) is 11.3 Å². The normalized spacial score (nSPS) is 15.0. The van der Waals surface area contributed by atoms with Crippen LogP contribution < -0.4 is 10.3 Å². The van der Waals surface area contributed by atoms with Gasteiger partial charge in [0, 0.05) is 40.8 Å². The molecule has 0 radical (unpaired) electrons. The van der Waals surface area contributed by atoms with Crippen molar-refractivity contribution in [3.8, 4) is 11.3 Å². The van der Waals surface area contributed by atoms with Gasteiger partial charge >= 0.3 is 0 Å². The van der Waals surface area contributed by atoms with Crippen LogP contribution >= 0.6 is 11.6 Å². The summed E-state index contributed by atoms with van der Waals surface area (Å²) in [4.78, 5) is 7.27. The summed E-state index contributed by atoms with van der Waals surface area (Å²) in [5.41, 5.74) is 3.87. The van der Waals surface area contributed by atoms with Crippen LogP contribution in [0.3, 0.4) is 0 Å². The van der Waals surface area contributed by atoms with Crippen molar-refractivity contribution in [1.82, 2.24) is 0 Å². The van der Waals surface area contributed by atoms with Crippen LogP contribution in [0.4, 0.5) is 11.4 Å². The van der Waals surface area contributed by atoms with E-state index < -0.39 is 0 Å². The maximum absolute atomic E-state index is 6.14. The summed E-state index contributed by atoms with van der Waals surface area (Å²) in [7, 11) is 0. The lowest BCUT2D eigenvalue weighted by atomic mass is 10.1. The zero-order valence-electron chi connectivity index (χ0n) is 16.4. The topological polar surface area (TPSA) is 38.0 Å². The van der Waals surface area contributed by atoms with Crippen molar-refractivity contribution < 1.29 is 9.15 Å². The molecule has 4 aromatic rings. The van der Waals surface area contributed by atoms with Gasteiger partial charge in [0.05, 0.1) is 24.3 Å². The molecule has 1 aliphatic rings. The van der Waals surface area contributed by atoms with E-state index in [2.05, 4.69) is 29.2 Å². The zero-order chi connectivity index (χ0) is 20.3. The van der Waals surface area contributed by atoms with Gasteiger partial charge in [-0.25, -0.2) is 4.99 Å². The molecule has 5 rings (SSSR count). The van der Waals surface area contributed by atoms with E-state index in [0.29, 0.717) is 5.02 Å². The number of nitrogens with zero attached hydrogens (tertiary/aromatic N) is 2. The molecule has 3 aromatic carbocycles. The molecule has 0 atom stereocenters. The van der Waals surface area contributed by atoms with Gasteiger partial charge in [0.2, 0.25) is 0 Å². The molecule has 4 nitrogen and oxygen atoms in total. The van der Waals surface area contributed by atoms with Crippen LogP contribution in [-0.4, -0.2) is 26.3 Å². The summed E-state index contributed by atoms with van der Waals surface area (Å²) in [6.45, 7) is 3.40. The Labute approximate surface area is 180 Å². The SMILES string of the molecule is Clc1ccc(-c2cc(=Nc3ccc(N4CCOCC4)cc3)c3ccccc3o2)cc1. The molecule has 0 bridgehead atoms. The summed E-state index contributed by atoms with van der Waals surface area (Å²) >= 11 is 6.04. The second kappa shape index (κ2) is 8.34. The molecule has 150 valence electrons. The van der Waals surface area contributed by atoms with Crippen molar-refractivity contribution in [2.24, 2.45) is 4.99 Å². The van der Waals surface area contributed by atoms with Crippen LogP contribution in [0, 0.1) is 0 Å². The highest BCUT2D eigenvalue weighted by Gasteiger charge is 2.11. The quantitative estimate of drug-likeness (QED) is 0.422. The van der Waals surface area contributed by atoms with Crippen LogP contribution in [0.1, 0.15) is 0 Å². The largest absolute Gasteiger partial charge is 0.456 e. The van der Waals surface area contributed by atoms with E-state index >= 15 is 0 Å². The van der Waals surface area contributed by atoms with E-state index in [1.54, 1.807) is 0 Å². The fourth-order valence-corrected chi connectivity index (χ4v) is 3.79. The molecule has 0 spiro atoms. The van der Waals surface area contributed by atoms with Crippen molar-refractivity contribution in [3.05, 3.63) is 89.2 Å². The minimum Gasteiger partial charge on any atom is -0.456 e. The van der Waals surface area contributed by atoms with Gasteiger partial charge in [-0.15, -0.1) is 0 Å². The molecule has 0 unspecified atom stereocenters. The average molecular weight is 417 g/mol. The number of rotatable bonds is 3. The summed E-state index contributed by atoms with van der Waals surface area (Å²) < 4.78 is 11.6. The molecule has 2 heterocycles. The Bertz CT molecular complexity index is 1220. The first-order chi connectivity index (χ1) is 14.8. The molecule has 0 saturated carbocycles. The molecular formula is C25H21ClN2O2. The molecule has 0 aliphatic carbocycles. The van der Waals surface area contributed by atoms with Crippen LogP contribution in [0.15, 0.2) is 88.3 Å². The Hall–Kier alpha value is -3.08. The predicted molar refractivity (Wildman–Crippen MR) is 121 cm³/mol. The minimum atomic E-state index is 0.699. The maximum atomic E-state index is 6.14. The third-order valence-corrected chi connectivity index (χ3v) is 5.51. The predicted octanol–water partition coefficient (Wildman–Crippen LogP) is 5.82. The molecule has 5 heteroatoms. The number of hydrogen-bond donors (Lipinski definition) is 0. The smallest absolute Gasteiger partial charge is 0.136 e. The molecule has 1 aromatic heterocycles. The minimum absolute atomic E-state index is 0.699. The van der Waals surface area contributed by atoms with Crippen molar-refractivity contribution >= 4 is 33.9 Å².